The molecule has 0 saturated heterocycles. The average molecular weight is 256 g/mol. The summed E-state index contributed by atoms with van der Waals surface area (Å²) < 4.78 is 0. The molecule has 104 valence electrons. The monoisotopic (exact) mass is 256 g/mol. The van der Waals surface area contributed by atoms with Crippen LogP contribution < -0.4 is 11.1 Å². The Kier molecular flexibility index (Phi) is 5.59. The molecule has 4 N–H and O–H groups in total. The smallest absolute Gasteiger partial charge is 0.323 e. The van der Waals surface area contributed by atoms with Crippen LogP contribution >= 0.6 is 0 Å². The molecular weight excluding hydrogens is 232 g/mol. The third kappa shape index (κ3) is 3.98. The largest absolute Gasteiger partial charge is 0.480 e. The zero-order chi connectivity index (χ0) is 13.6. The van der Waals surface area contributed by atoms with E-state index in [0.29, 0.717) is 25.7 Å². The zero-order valence-electron chi connectivity index (χ0n) is 11.1. The summed E-state index contributed by atoms with van der Waals surface area (Å²) in [6.45, 7) is 2.84. The Labute approximate surface area is 108 Å². The molecule has 0 atom stereocenters. The van der Waals surface area contributed by atoms with E-state index in [0.717, 1.165) is 25.8 Å². The van der Waals surface area contributed by atoms with E-state index in [1.165, 1.54) is 0 Å². The van der Waals surface area contributed by atoms with E-state index in [1.54, 1.807) is 0 Å². The van der Waals surface area contributed by atoms with E-state index in [2.05, 4.69) is 12.2 Å². The summed E-state index contributed by atoms with van der Waals surface area (Å²) in [6.07, 6.45) is 5.17. The number of hydrogen-bond acceptors (Lipinski definition) is 3. The van der Waals surface area contributed by atoms with Gasteiger partial charge in [0.05, 0.1) is 0 Å². The molecule has 5 heteroatoms. The molecule has 0 aromatic rings. The van der Waals surface area contributed by atoms with Gasteiger partial charge in [0.25, 0.3) is 0 Å². The van der Waals surface area contributed by atoms with Crippen molar-refractivity contribution in [2.75, 3.05) is 6.54 Å². The summed E-state index contributed by atoms with van der Waals surface area (Å²) in [7, 11) is 0. The molecule has 0 spiro atoms. The first-order chi connectivity index (χ1) is 8.49. The van der Waals surface area contributed by atoms with Crippen LogP contribution in [0.4, 0.5) is 0 Å². The van der Waals surface area contributed by atoms with Crippen molar-refractivity contribution < 1.29 is 14.7 Å². The number of aliphatic carboxylic acids is 1. The van der Waals surface area contributed by atoms with E-state index >= 15 is 0 Å². The molecule has 1 rings (SSSR count). The predicted octanol–water partition coefficient (Wildman–Crippen LogP) is 1.27. The van der Waals surface area contributed by atoms with Crippen LogP contribution in [-0.4, -0.2) is 29.1 Å². The minimum atomic E-state index is -1.13. The van der Waals surface area contributed by atoms with Crippen LogP contribution in [0.5, 0.6) is 0 Å². The summed E-state index contributed by atoms with van der Waals surface area (Å²) >= 11 is 0. The molecule has 1 fully saturated rings. The number of amides is 1. The fourth-order valence-corrected chi connectivity index (χ4v) is 2.34. The van der Waals surface area contributed by atoms with Gasteiger partial charge >= 0.3 is 5.97 Å². The Balaban J connectivity index is 2.30. The van der Waals surface area contributed by atoms with Crippen molar-refractivity contribution in [3.8, 4) is 0 Å². The molecule has 18 heavy (non-hydrogen) atoms. The van der Waals surface area contributed by atoms with Crippen molar-refractivity contribution in [2.24, 2.45) is 11.7 Å². The summed E-state index contributed by atoms with van der Waals surface area (Å²) in [5.74, 6) is -0.967. The van der Waals surface area contributed by atoms with Crippen molar-refractivity contribution in [1.29, 1.82) is 0 Å². The van der Waals surface area contributed by atoms with E-state index in [9.17, 15) is 9.59 Å². The quantitative estimate of drug-likeness (QED) is 0.624. The highest BCUT2D eigenvalue weighted by atomic mass is 16.4. The van der Waals surface area contributed by atoms with Gasteiger partial charge in [-0.15, -0.1) is 0 Å². The number of nitrogens with two attached hydrogens (primary N) is 1. The molecule has 0 unspecified atom stereocenters. The number of carbonyl (C=O) groups excluding carboxylic acids is 1. The highest BCUT2D eigenvalue weighted by Crippen LogP contribution is 2.30. The molecule has 0 bridgehead atoms. The molecule has 1 aliphatic carbocycles. The van der Waals surface area contributed by atoms with E-state index in [1.807, 2.05) is 0 Å². The minimum Gasteiger partial charge on any atom is -0.480 e. The summed E-state index contributed by atoms with van der Waals surface area (Å²) in [4.78, 5) is 22.8. The summed E-state index contributed by atoms with van der Waals surface area (Å²) in [6, 6.07) is 0. The van der Waals surface area contributed by atoms with Crippen LogP contribution in [0.15, 0.2) is 0 Å². The summed E-state index contributed by atoms with van der Waals surface area (Å²) in [5, 5.41) is 11.9. The number of carboxylic acids is 1. The number of nitrogens with one attached hydrogen (secondary N) is 1. The number of hydrogen-bond donors (Lipinski definition) is 3. The lowest BCUT2D eigenvalue weighted by Crippen LogP contribution is -2.51. The van der Waals surface area contributed by atoms with Gasteiger partial charge in [-0.05, 0) is 32.1 Å². The maximum absolute atomic E-state index is 11.8. The molecule has 5 nitrogen and oxygen atoms in total. The first-order valence-electron chi connectivity index (χ1n) is 6.79. The standard InChI is InChI=1S/C13H24N2O3/c1-2-3-4-9-15-11(16)10-5-7-13(14,8-6-10)12(17)18/h10H,2-9,14H2,1H3,(H,15,16)(H,17,18). The topological polar surface area (TPSA) is 92.4 Å². The predicted molar refractivity (Wildman–Crippen MR) is 69.0 cm³/mol. The van der Waals surface area contributed by atoms with Crippen LogP contribution in [0.1, 0.15) is 51.9 Å². The van der Waals surface area contributed by atoms with Gasteiger partial charge in [0, 0.05) is 12.5 Å². The Bertz CT molecular complexity index is 297. The molecule has 1 amide bonds. The normalized spacial score (nSPS) is 27.8. The van der Waals surface area contributed by atoms with E-state index in [4.69, 9.17) is 10.8 Å². The van der Waals surface area contributed by atoms with Crippen molar-refractivity contribution in [1.82, 2.24) is 5.32 Å². The Hall–Kier alpha value is -1.10. The molecule has 1 saturated carbocycles. The Morgan fingerprint density at radius 3 is 2.44 bits per heavy atom. The molecule has 0 heterocycles. The van der Waals surface area contributed by atoms with Gasteiger partial charge in [0.15, 0.2) is 0 Å². The van der Waals surface area contributed by atoms with Crippen LogP contribution in [0.25, 0.3) is 0 Å². The lowest BCUT2D eigenvalue weighted by atomic mass is 9.77. The molecular formula is C13H24N2O3. The highest BCUT2D eigenvalue weighted by molar-refractivity contribution is 5.81. The molecule has 0 radical (unpaired) electrons. The van der Waals surface area contributed by atoms with Gasteiger partial charge in [-0.3, -0.25) is 9.59 Å². The van der Waals surface area contributed by atoms with Crippen molar-refractivity contribution in [2.45, 2.75) is 57.4 Å². The second kappa shape index (κ2) is 6.73. The van der Waals surface area contributed by atoms with Crippen LogP contribution in [0.3, 0.4) is 0 Å². The molecule has 1 aliphatic rings. The first kappa shape index (κ1) is 15.0. The third-order valence-electron chi connectivity index (χ3n) is 3.75. The number of rotatable bonds is 6. The lowest BCUT2D eigenvalue weighted by Gasteiger charge is -2.32. The maximum Gasteiger partial charge on any atom is 0.323 e. The van der Waals surface area contributed by atoms with Crippen LogP contribution in [0, 0.1) is 5.92 Å². The first-order valence-corrected chi connectivity index (χ1v) is 6.79. The average Bonchev–Trinajstić information content (AvgIpc) is 2.35. The van der Waals surface area contributed by atoms with Gasteiger partial charge in [0.1, 0.15) is 5.54 Å². The van der Waals surface area contributed by atoms with Gasteiger partial charge < -0.3 is 16.2 Å². The van der Waals surface area contributed by atoms with Gasteiger partial charge in [-0.25, -0.2) is 0 Å². The summed E-state index contributed by atoms with van der Waals surface area (Å²) in [5.41, 5.74) is 4.65. The fraction of sp³-hybridized carbons (Fsp3) is 0.846. The SMILES string of the molecule is CCCCCNC(=O)C1CCC(N)(C(=O)O)CC1. The van der Waals surface area contributed by atoms with Crippen molar-refractivity contribution in [3.05, 3.63) is 0 Å². The lowest BCUT2D eigenvalue weighted by molar-refractivity contribution is -0.146. The molecule has 0 aliphatic heterocycles. The number of unbranched alkanes of at least 4 members (excludes halogenated alkanes) is 2. The number of carbonyl (C=O) groups is 2. The second-order valence-electron chi connectivity index (χ2n) is 5.23. The van der Waals surface area contributed by atoms with E-state index < -0.39 is 11.5 Å². The van der Waals surface area contributed by atoms with Crippen molar-refractivity contribution >= 4 is 11.9 Å². The highest BCUT2D eigenvalue weighted by Gasteiger charge is 2.39. The number of carboxylic acid groups (broad SMARTS) is 1. The molecule has 0 aromatic carbocycles. The van der Waals surface area contributed by atoms with Crippen molar-refractivity contribution in [3.63, 3.8) is 0 Å². The minimum absolute atomic E-state index is 0.0542. The van der Waals surface area contributed by atoms with E-state index in [-0.39, 0.29) is 11.8 Å². The van der Waals surface area contributed by atoms with Gasteiger partial charge in [-0.1, -0.05) is 19.8 Å². The Morgan fingerprint density at radius 2 is 1.94 bits per heavy atom. The van der Waals surface area contributed by atoms with Gasteiger partial charge in [-0.2, -0.15) is 0 Å². The van der Waals surface area contributed by atoms with Crippen LogP contribution in [0.2, 0.25) is 0 Å². The third-order valence-corrected chi connectivity index (χ3v) is 3.75. The van der Waals surface area contributed by atoms with Gasteiger partial charge in [0.2, 0.25) is 5.91 Å². The second-order valence-corrected chi connectivity index (χ2v) is 5.23. The fourth-order valence-electron chi connectivity index (χ4n) is 2.34. The Morgan fingerprint density at radius 1 is 1.33 bits per heavy atom. The maximum atomic E-state index is 11.8. The molecule has 0 aromatic heterocycles. The van der Waals surface area contributed by atoms with Crippen LogP contribution in [-0.2, 0) is 9.59 Å². The zero-order valence-corrected chi connectivity index (χ0v) is 11.1.